The van der Waals surface area contributed by atoms with Crippen molar-refractivity contribution in [2.24, 2.45) is 0 Å². The predicted molar refractivity (Wildman–Crippen MR) is 71.8 cm³/mol. The van der Waals surface area contributed by atoms with Crippen LogP contribution < -0.4 is 0 Å². The zero-order valence-electron chi connectivity index (χ0n) is 10.7. The number of aryl methyl sites for hydroxylation is 1. The fraction of sp³-hybridized carbons (Fsp3) is 0.357. The summed E-state index contributed by atoms with van der Waals surface area (Å²) in [5, 5.41) is 10.0. The second-order valence-electron chi connectivity index (χ2n) is 4.58. The molecule has 4 heteroatoms. The Balaban J connectivity index is 2.33. The maximum absolute atomic E-state index is 10.8. The van der Waals surface area contributed by atoms with Crippen LogP contribution >= 0.6 is 0 Å². The van der Waals surface area contributed by atoms with Crippen molar-refractivity contribution in [3.63, 3.8) is 0 Å². The Morgan fingerprint density at radius 3 is 2.89 bits per heavy atom. The molecule has 0 atom stereocenters. The van der Waals surface area contributed by atoms with Crippen LogP contribution in [0.4, 0.5) is 4.79 Å². The van der Waals surface area contributed by atoms with Crippen LogP contribution in [0.1, 0.15) is 24.5 Å². The van der Waals surface area contributed by atoms with Crippen molar-refractivity contribution in [3.05, 3.63) is 35.5 Å². The molecule has 0 saturated heterocycles. The van der Waals surface area contributed by atoms with Gasteiger partial charge in [-0.2, -0.15) is 0 Å². The zero-order chi connectivity index (χ0) is 13.1. The second kappa shape index (κ2) is 5.12. The van der Waals surface area contributed by atoms with Crippen molar-refractivity contribution < 1.29 is 9.90 Å². The molecule has 96 valence electrons. The molecule has 18 heavy (non-hydrogen) atoms. The second-order valence-corrected chi connectivity index (χ2v) is 4.58. The first kappa shape index (κ1) is 12.5. The highest BCUT2D eigenvalue weighted by molar-refractivity contribution is 5.84. The summed E-state index contributed by atoms with van der Waals surface area (Å²) in [6.07, 6.45) is 3.14. The lowest BCUT2D eigenvalue weighted by Gasteiger charge is -2.12. The van der Waals surface area contributed by atoms with Gasteiger partial charge in [-0.25, -0.2) is 4.79 Å². The summed E-state index contributed by atoms with van der Waals surface area (Å²) in [5.74, 6) is 0. The van der Waals surface area contributed by atoms with E-state index in [-0.39, 0.29) is 0 Å². The van der Waals surface area contributed by atoms with E-state index in [1.165, 1.54) is 10.5 Å². The number of hydrogen-bond donors (Lipinski definition) is 2. The molecule has 0 saturated carbocycles. The molecule has 1 amide bonds. The summed E-state index contributed by atoms with van der Waals surface area (Å²) in [6.45, 7) is 2.56. The number of rotatable bonds is 4. The maximum Gasteiger partial charge on any atom is 0.407 e. The topological polar surface area (TPSA) is 56.3 Å². The van der Waals surface area contributed by atoms with Crippen molar-refractivity contribution in [2.45, 2.75) is 26.3 Å². The van der Waals surface area contributed by atoms with Gasteiger partial charge in [-0.15, -0.1) is 0 Å². The molecule has 1 aromatic heterocycles. The van der Waals surface area contributed by atoms with Crippen LogP contribution in [0.25, 0.3) is 10.9 Å². The minimum Gasteiger partial charge on any atom is -0.465 e. The number of carboxylic acid groups (broad SMARTS) is 1. The Kier molecular flexibility index (Phi) is 3.55. The van der Waals surface area contributed by atoms with Gasteiger partial charge in [-0.3, -0.25) is 0 Å². The summed E-state index contributed by atoms with van der Waals surface area (Å²) in [6, 6.07) is 6.33. The van der Waals surface area contributed by atoms with Crippen LogP contribution in [0.3, 0.4) is 0 Å². The molecular formula is C14H18N2O2. The molecule has 2 aromatic rings. The van der Waals surface area contributed by atoms with Crippen LogP contribution in [-0.2, 0) is 13.0 Å². The van der Waals surface area contributed by atoms with Gasteiger partial charge in [-0.05, 0) is 29.7 Å². The van der Waals surface area contributed by atoms with Gasteiger partial charge in [-0.1, -0.05) is 19.4 Å². The van der Waals surface area contributed by atoms with Crippen LogP contribution in [-0.4, -0.2) is 28.1 Å². The Labute approximate surface area is 106 Å². The van der Waals surface area contributed by atoms with Crippen molar-refractivity contribution in [1.82, 2.24) is 9.88 Å². The molecular weight excluding hydrogens is 228 g/mol. The normalized spacial score (nSPS) is 10.8. The number of carbonyl (C=O) groups is 1. The lowest BCUT2D eigenvalue weighted by Crippen LogP contribution is -2.23. The minimum atomic E-state index is -0.908. The molecule has 1 aromatic carbocycles. The van der Waals surface area contributed by atoms with Gasteiger partial charge in [0, 0.05) is 24.1 Å². The summed E-state index contributed by atoms with van der Waals surface area (Å²) in [5.41, 5.74) is 3.38. The molecule has 0 radical (unpaired) electrons. The van der Waals surface area contributed by atoms with Crippen molar-refractivity contribution in [3.8, 4) is 0 Å². The van der Waals surface area contributed by atoms with E-state index in [0.717, 1.165) is 29.3 Å². The predicted octanol–water partition coefficient (Wildman–Crippen LogP) is 3.23. The summed E-state index contributed by atoms with van der Waals surface area (Å²) in [4.78, 5) is 15.3. The smallest absolute Gasteiger partial charge is 0.407 e. The van der Waals surface area contributed by atoms with Gasteiger partial charge in [0.1, 0.15) is 0 Å². The lowest BCUT2D eigenvalue weighted by molar-refractivity contribution is 0.154. The third-order valence-corrected chi connectivity index (χ3v) is 3.10. The van der Waals surface area contributed by atoms with E-state index in [1.807, 2.05) is 6.20 Å². The third-order valence-electron chi connectivity index (χ3n) is 3.10. The Morgan fingerprint density at radius 2 is 2.22 bits per heavy atom. The molecule has 0 bridgehead atoms. The zero-order valence-corrected chi connectivity index (χ0v) is 10.7. The number of hydrogen-bond acceptors (Lipinski definition) is 1. The molecule has 0 aliphatic carbocycles. The number of nitrogens with one attached hydrogen (secondary N) is 1. The molecule has 0 unspecified atom stereocenters. The highest BCUT2D eigenvalue weighted by Crippen LogP contribution is 2.21. The van der Waals surface area contributed by atoms with Gasteiger partial charge >= 0.3 is 6.09 Å². The van der Waals surface area contributed by atoms with Crippen LogP contribution in [0.5, 0.6) is 0 Å². The van der Waals surface area contributed by atoms with Gasteiger partial charge < -0.3 is 15.0 Å². The third kappa shape index (κ3) is 2.47. The first-order valence-corrected chi connectivity index (χ1v) is 6.14. The first-order valence-electron chi connectivity index (χ1n) is 6.14. The molecule has 0 fully saturated rings. The number of aromatic amines is 1. The average Bonchev–Trinajstić information content (AvgIpc) is 2.72. The Morgan fingerprint density at radius 1 is 1.44 bits per heavy atom. The Hall–Kier alpha value is -1.97. The van der Waals surface area contributed by atoms with Crippen LogP contribution in [0, 0.1) is 0 Å². The van der Waals surface area contributed by atoms with E-state index in [1.54, 1.807) is 7.05 Å². The quantitative estimate of drug-likeness (QED) is 0.870. The maximum atomic E-state index is 10.8. The van der Waals surface area contributed by atoms with Crippen molar-refractivity contribution >= 4 is 17.0 Å². The first-order chi connectivity index (χ1) is 8.61. The van der Waals surface area contributed by atoms with Gasteiger partial charge in [0.15, 0.2) is 0 Å². The molecule has 0 aliphatic heterocycles. The lowest BCUT2D eigenvalue weighted by atomic mass is 10.1. The number of aromatic nitrogens is 1. The summed E-state index contributed by atoms with van der Waals surface area (Å²) >= 11 is 0. The van der Waals surface area contributed by atoms with Gasteiger partial charge in [0.05, 0.1) is 6.54 Å². The molecule has 2 rings (SSSR count). The number of benzene rings is 1. The largest absolute Gasteiger partial charge is 0.465 e. The number of fused-ring (bicyclic) bond motifs is 1. The molecule has 1 heterocycles. The van der Waals surface area contributed by atoms with E-state index in [2.05, 4.69) is 30.1 Å². The molecule has 0 spiro atoms. The van der Waals surface area contributed by atoms with Crippen LogP contribution in [0.2, 0.25) is 0 Å². The highest BCUT2D eigenvalue weighted by Gasteiger charge is 2.10. The van der Waals surface area contributed by atoms with Crippen molar-refractivity contribution in [2.75, 3.05) is 7.05 Å². The molecule has 4 nitrogen and oxygen atoms in total. The summed E-state index contributed by atoms with van der Waals surface area (Å²) < 4.78 is 0. The number of nitrogens with zero attached hydrogens (tertiary/aromatic N) is 1. The number of H-pyrrole nitrogens is 1. The average molecular weight is 246 g/mol. The fourth-order valence-electron chi connectivity index (χ4n) is 2.12. The summed E-state index contributed by atoms with van der Waals surface area (Å²) in [7, 11) is 1.58. The minimum absolute atomic E-state index is 0.408. The van der Waals surface area contributed by atoms with E-state index in [0.29, 0.717) is 6.54 Å². The van der Waals surface area contributed by atoms with E-state index in [9.17, 15) is 4.79 Å². The van der Waals surface area contributed by atoms with Gasteiger partial charge in [0.25, 0.3) is 0 Å². The highest BCUT2D eigenvalue weighted by atomic mass is 16.4. The van der Waals surface area contributed by atoms with E-state index >= 15 is 0 Å². The van der Waals surface area contributed by atoms with Crippen LogP contribution in [0.15, 0.2) is 24.4 Å². The monoisotopic (exact) mass is 246 g/mol. The number of amides is 1. The van der Waals surface area contributed by atoms with Gasteiger partial charge in [0.2, 0.25) is 0 Å². The SMILES string of the molecule is CCCc1ccc2[nH]cc(CN(C)C(=O)O)c2c1. The standard InChI is InChI=1S/C14H18N2O2/c1-3-4-10-5-6-13-12(7-10)11(8-15-13)9-16(2)14(17)18/h5-8,15H,3-4,9H2,1-2H3,(H,17,18). The van der Waals surface area contributed by atoms with Crippen molar-refractivity contribution in [1.29, 1.82) is 0 Å². The Bertz CT molecular complexity index is 560. The van der Waals surface area contributed by atoms with E-state index < -0.39 is 6.09 Å². The molecule has 2 N–H and O–H groups in total. The molecule has 0 aliphatic rings. The van der Waals surface area contributed by atoms with E-state index in [4.69, 9.17) is 5.11 Å². The fourth-order valence-corrected chi connectivity index (χ4v) is 2.12.